The van der Waals surface area contributed by atoms with Gasteiger partial charge in [0.05, 0.1) is 11.6 Å². The van der Waals surface area contributed by atoms with Crippen LogP contribution in [0.1, 0.15) is 25.0 Å². The monoisotopic (exact) mass is 244 g/mol. The van der Waals surface area contributed by atoms with Gasteiger partial charge < -0.3 is 5.11 Å². The van der Waals surface area contributed by atoms with Crippen molar-refractivity contribution in [1.29, 1.82) is 0 Å². The summed E-state index contributed by atoms with van der Waals surface area (Å²) in [6.07, 6.45) is 1.45. The molecule has 0 bridgehead atoms. The van der Waals surface area contributed by atoms with Crippen molar-refractivity contribution < 1.29 is 18.3 Å². The maximum Gasteiger partial charge on any atom is 0.312 e. The second kappa shape index (κ2) is 4.58. The van der Waals surface area contributed by atoms with Gasteiger partial charge in [0.25, 0.3) is 0 Å². The first-order valence-electron chi connectivity index (χ1n) is 4.57. The molecule has 88 valence electrons. The molecule has 0 saturated heterocycles. The number of hydrogen-bond donors (Lipinski definition) is 2. The molecule has 6 nitrogen and oxygen atoms in total. The molecule has 1 atom stereocenters. The number of carboxylic acid groups (broad SMARTS) is 1. The molecule has 1 unspecified atom stereocenters. The molecule has 0 aliphatic rings. The van der Waals surface area contributed by atoms with Gasteiger partial charge in [0, 0.05) is 6.20 Å². The average molecular weight is 244 g/mol. The normalized spacial score (nSPS) is 13.4. The summed E-state index contributed by atoms with van der Waals surface area (Å²) in [6, 6.07) is 2.62. The average Bonchev–Trinajstić information content (AvgIpc) is 2.17. The van der Waals surface area contributed by atoms with Crippen LogP contribution in [-0.4, -0.2) is 24.5 Å². The second-order valence-electron chi connectivity index (χ2n) is 3.26. The van der Waals surface area contributed by atoms with E-state index in [1.165, 1.54) is 12.1 Å². The fourth-order valence-corrected chi connectivity index (χ4v) is 1.73. The highest BCUT2D eigenvalue weighted by Gasteiger charge is 2.19. The minimum absolute atomic E-state index is 0.128. The van der Waals surface area contributed by atoms with Crippen LogP contribution in [-0.2, 0) is 14.8 Å². The summed E-state index contributed by atoms with van der Waals surface area (Å²) in [4.78, 5) is 14.5. The number of primary sulfonamides is 1. The molecule has 0 spiro atoms. The highest BCUT2D eigenvalue weighted by atomic mass is 32.2. The van der Waals surface area contributed by atoms with Gasteiger partial charge in [0.2, 0.25) is 10.0 Å². The third-order valence-corrected chi connectivity index (χ3v) is 3.05. The lowest BCUT2D eigenvalue weighted by Gasteiger charge is -2.08. The third-order valence-electron chi connectivity index (χ3n) is 2.15. The summed E-state index contributed by atoms with van der Waals surface area (Å²) in [6.45, 7) is 1.72. The number of pyridine rings is 1. The van der Waals surface area contributed by atoms with E-state index < -0.39 is 21.9 Å². The molecule has 3 N–H and O–H groups in total. The molecule has 1 heterocycles. The van der Waals surface area contributed by atoms with Crippen molar-refractivity contribution in [1.82, 2.24) is 4.98 Å². The lowest BCUT2D eigenvalue weighted by atomic mass is 10.0. The quantitative estimate of drug-likeness (QED) is 0.791. The van der Waals surface area contributed by atoms with Crippen LogP contribution in [0, 0.1) is 0 Å². The number of nitrogens with zero attached hydrogens (tertiary/aromatic N) is 1. The van der Waals surface area contributed by atoms with E-state index in [1.54, 1.807) is 6.92 Å². The van der Waals surface area contributed by atoms with Gasteiger partial charge in [-0.2, -0.15) is 0 Å². The molecule has 0 fully saturated rings. The fraction of sp³-hybridized carbons (Fsp3) is 0.333. The number of sulfonamides is 1. The van der Waals surface area contributed by atoms with E-state index in [2.05, 4.69) is 4.98 Å². The molecule has 0 aliphatic carbocycles. The molecule has 0 saturated carbocycles. The highest BCUT2D eigenvalue weighted by molar-refractivity contribution is 7.89. The maximum atomic E-state index is 10.9. The number of aliphatic carboxylic acids is 1. The van der Waals surface area contributed by atoms with Crippen LogP contribution < -0.4 is 5.14 Å². The molecule has 7 heteroatoms. The zero-order chi connectivity index (χ0) is 12.3. The topological polar surface area (TPSA) is 110 Å². The smallest absolute Gasteiger partial charge is 0.312 e. The van der Waals surface area contributed by atoms with Gasteiger partial charge >= 0.3 is 5.97 Å². The predicted molar refractivity (Wildman–Crippen MR) is 56.3 cm³/mol. The van der Waals surface area contributed by atoms with Crippen molar-refractivity contribution >= 4 is 16.0 Å². The van der Waals surface area contributed by atoms with E-state index in [9.17, 15) is 13.2 Å². The van der Waals surface area contributed by atoms with Crippen LogP contribution in [0.15, 0.2) is 23.2 Å². The van der Waals surface area contributed by atoms with Crippen LogP contribution in [0.3, 0.4) is 0 Å². The molecule has 1 aromatic rings. The van der Waals surface area contributed by atoms with Gasteiger partial charge in [0.1, 0.15) is 4.90 Å². The maximum absolute atomic E-state index is 10.9. The van der Waals surface area contributed by atoms with E-state index in [1.807, 2.05) is 0 Å². The van der Waals surface area contributed by atoms with Gasteiger partial charge in [-0.3, -0.25) is 9.78 Å². The summed E-state index contributed by atoms with van der Waals surface area (Å²) >= 11 is 0. The van der Waals surface area contributed by atoms with E-state index >= 15 is 0 Å². The number of aromatic nitrogens is 1. The Morgan fingerprint density at radius 3 is 2.50 bits per heavy atom. The number of rotatable bonds is 4. The van der Waals surface area contributed by atoms with Crippen LogP contribution >= 0.6 is 0 Å². The first-order valence-corrected chi connectivity index (χ1v) is 6.12. The predicted octanol–water partition coefficient (Wildman–Crippen LogP) is 0.307. The summed E-state index contributed by atoms with van der Waals surface area (Å²) in [7, 11) is -3.78. The van der Waals surface area contributed by atoms with Crippen LogP contribution in [0.2, 0.25) is 0 Å². The number of carbonyl (C=O) groups is 1. The largest absolute Gasteiger partial charge is 0.481 e. The summed E-state index contributed by atoms with van der Waals surface area (Å²) < 4.78 is 21.9. The Morgan fingerprint density at radius 1 is 1.56 bits per heavy atom. The minimum Gasteiger partial charge on any atom is -0.481 e. The lowest BCUT2D eigenvalue weighted by molar-refractivity contribution is -0.138. The van der Waals surface area contributed by atoms with Crippen molar-refractivity contribution in [2.45, 2.75) is 24.2 Å². The Labute approximate surface area is 93.2 Å². The van der Waals surface area contributed by atoms with Gasteiger partial charge in [-0.1, -0.05) is 6.92 Å². The van der Waals surface area contributed by atoms with Crippen LogP contribution in [0.25, 0.3) is 0 Å². The SMILES string of the molecule is CCC(C(=O)O)c1ccc(S(N)(=O)=O)cn1. The molecule has 0 aromatic carbocycles. The van der Waals surface area contributed by atoms with E-state index in [0.29, 0.717) is 12.1 Å². The number of nitrogens with two attached hydrogens (primary N) is 1. The van der Waals surface area contributed by atoms with E-state index in [4.69, 9.17) is 10.2 Å². The van der Waals surface area contributed by atoms with Gasteiger partial charge in [-0.25, -0.2) is 13.6 Å². The lowest BCUT2D eigenvalue weighted by Crippen LogP contribution is -2.15. The Kier molecular flexibility index (Phi) is 3.61. The summed E-state index contributed by atoms with van der Waals surface area (Å²) in [5.74, 6) is -1.71. The Morgan fingerprint density at radius 2 is 2.19 bits per heavy atom. The standard InChI is InChI=1S/C9H12N2O4S/c1-2-7(9(12)13)8-4-3-6(5-11-8)16(10,14)15/h3-5,7H,2H2,1H3,(H,12,13)(H2,10,14,15). The van der Waals surface area contributed by atoms with Gasteiger partial charge in [-0.05, 0) is 18.6 Å². The Hall–Kier alpha value is -1.47. The molecular formula is C9H12N2O4S. The van der Waals surface area contributed by atoms with Gasteiger partial charge in [-0.15, -0.1) is 0 Å². The van der Waals surface area contributed by atoms with Crippen molar-refractivity contribution in [2.75, 3.05) is 0 Å². The van der Waals surface area contributed by atoms with E-state index in [-0.39, 0.29) is 4.90 Å². The molecule has 0 amide bonds. The van der Waals surface area contributed by atoms with Crippen molar-refractivity contribution in [3.8, 4) is 0 Å². The number of hydrogen-bond acceptors (Lipinski definition) is 4. The Bertz CT molecular complexity index is 481. The molecule has 16 heavy (non-hydrogen) atoms. The number of carboxylic acids is 1. The zero-order valence-electron chi connectivity index (χ0n) is 8.62. The first kappa shape index (κ1) is 12.6. The Balaban J connectivity index is 3.08. The zero-order valence-corrected chi connectivity index (χ0v) is 9.44. The summed E-state index contributed by atoms with van der Waals surface area (Å²) in [5.41, 5.74) is 0.322. The fourth-order valence-electron chi connectivity index (χ4n) is 1.28. The second-order valence-corrected chi connectivity index (χ2v) is 4.82. The van der Waals surface area contributed by atoms with Crippen LogP contribution in [0.5, 0.6) is 0 Å². The molecular weight excluding hydrogens is 232 g/mol. The van der Waals surface area contributed by atoms with Crippen molar-refractivity contribution in [2.24, 2.45) is 5.14 Å². The summed E-state index contributed by atoms with van der Waals surface area (Å²) in [5, 5.41) is 13.8. The van der Waals surface area contributed by atoms with Crippen LogP contribution in [0.4, 0.5) is 0 Å². The van der Waals surface area contributed by atoms with E-state index in [0.717, 1.165) is 6.20 Å². The van der Waals surface area contributed by atoms with Crippen molar-refractivity contribution in [3.05, 3.63) is 24.0 Å². The van der Waals surface area contributed by atoms with Crippen molar-refractivity contribution in [3.63, 3.8) is 0 Å². The molecule has 0 aliphatic heterocycles. The molecule has 1 aromatic heterocycles. The molecule has 1 rings (SSSR count). The van der Waals surface area contributed by atoms with Gasteiger partial charge in [0.15, 0.2) is 0 Å². The third kappa shape index (κ3) is 2.77. The molecule has 0 radical (unpaired) electrons. The minimum atomic E-state index is -3.78. The first-order chi connectivity index (χ1) is 7.36. The highest BCUT2D eigenvalue weighted by Crippen LogP contribution is 2.18.